The molecule has 2 heterocycles. The van der Waals surface area contributed by atoms with Crippen molar-refractivity contribution in [2.75, 3.05) is 0 Å². The number of carboxylic acid groups (broad SMARTS) is 1. The topological polar surface area (TPSA) is 75.4 Å². The Hall–Kier alpha value is -2.34. The lowest BCUT2D eigenvalue weighted by atomic mass is 9.84. The summed E-state index contributed by atoms with van der Waals surface area (Å²) >= 11 is 6.02. The molecule has 0 bridgehead atoms. The summed E-state index contributed by atoms with van der Waals surface area (Å²) in [7, 11) is 0. The van der Waals surface area contributed by atoms with Gasteiger partial charge in [-0.25, -0.2) is 9.48 Å². The van der Waals surface area contributed by atoms with E-state index in [1.165, 1.54) is 0 Å². The largest absolute Gasteiger partial charge is 0.480 e. The summed E-state index contributed by atoms with van der Waals surface area (Å²) in [6.45, 7) is 0. The van der Waals surface area contributed by atoms with Gasteiger partial charge in [-0.05, 0) is 49.4 Å². The fourth-order valence-electron chi connectivity index (χ4n) is 4.31. The van der Waals surface area contributed by atoms with Crippen LogP contribution in [0.4, 0.5) is 0 Å². The molecule has 6 nitrogen and oxygen atoms in total. The number of aromatic nitrogens is 2. The highest BCUT2D eigenvalue weighted by atomic mass is 35.5. The molecule has 2 aromatic rings. The molecule has 136 valence electrons. The zero-order chi connectivity index (χ0) is 18.3. The van der Waals surface area contributed by atoms with Crippen LogP contribution >= 0.6 is 11.6 Å². The Bertz CT molecular complexity index is 850. The monoisotopic (exact) mass is 373 g/mol. The molecule has 1 saturated heterocycles. The first-order valence-corrected chi connectivity index (χ1v) is 9.29. The van der Waals surface area contributed by atoms with Crippen LogP contribution in [0, 0.1) is 5.92 Å². The Balaban J connectivity index is 1.63. The number of likely N-dealkylation sites (tertiary alicyclic amines) is 1. The van der Waals surface area contributed by atoms with Crippen LogP contribution in [0.15, 0.2) is 36.5 Å². The summed E-state index contributed by atoms with van der Waals surface area (Å²) < 4.78 is 1.59. The third kappa shape index (κ3) is 2.98. The summed E-state index contributed by atoms with van der Waals surface area (Å²) in [5.41, 5.74) is 1.02. The highest BCUT2D eigenvalue weighted by molar-refractivity contribution is 6.30. The zero-order valence-electron chi connectivity index (χ0n) is 14.2. The van der Waals surface area contributed by atoms with Crippen LogP contribution in [0.1, 0.15) is 42.6 Å². The summed E-state index contributed by atoms with van der Waals surface area (Å²) in [6, 6.07) is 8.08. The van der Waals surface area contributed by atoms with Gasteiger partial charge >= 0.3 is 5.97 Å². The number of carboxylic acids is 1. The Kier molecular flexibility index (Phi) is 4.44. The Morgan fingerprint density at radius 2 is 2.00 bits per heavy atom. The molecule has 2 aliphatic rings. The molecule has 2 fully saturated rings. The van der Waals surface area contributed by atoms with E-state index in [0.29, 0.717) is 11.4 Å². The minimum absolute atomic E-state index is 0.00803. The molecule has 4 rings (SSSR count). The SMILES string of the molecule is O=C(O)C1CC2CCCCC2N1C(=O)c1ccn(-c2cccc(Cl)c2)n1. The first kappa shape index (κ1) is 17.1. The fraction of sp³-hybridized carbons (Fsp3) is 0.421. The van der Waals surface area contributed by atoms with Crippen molar-refractivity contribution in [1.82, 2.24) is 14.7 Å². The number of halogens is 1. The normalized spacial score (nSPS) is 25.1. The van der Waals surface area contributed by atoms with E-state index in [9.17, 15) is 14.7 Å². The van der Waals surface area contributed by atoms with E-state index in [1.54, 1.807) is 34.0 Å². The predicted octanol–water partition coefficient (Wildman–Crippen LogP) is 3.38. The number of carbonyl (C=O) groups is 2. The quantitative estimate of drug-likeness (QED) is 0.894. The van der Waals surface area contributed by atoms with E-state index in [2.05, 4.69) is 5.10 Å². The average molecular weight is 374 g/mol. The molecule has 1 amide bonds. The number of amides is 1. The van der Waals surface area contributed by atoms with E-state index in [0.717, 1.165) is 31.4 Å². The van der Waals surface area contributed by atoms with Crippen molar-refractivity contribution in [3.63, 3.8) is 0 Å². The first-order chi connectivity index (χ1) is 12.5. The maximum absolute atomic E-state index is 13.1. The van der Waals surface area contributed by atoms with Gasteiger partial charge in [0.25, 0.3) is 5.91 Å². The minimum atomic E-state index is -0.929. The van der Waals surface area contributed by atoms with E-state index in [-0.39, 0.29) is 23.6 Å². The molecule has 1 aliphatic heterocycles. The van der Waals surface area contributed by atoms with Crippen LogP contribution in [-0.4, -0.2) is 43.7 Å². The van der Waals surface area contributed by atoms with E-state index >= 15 is 0 Å². The van der Waals surface area contributed by atoms with Gasteiger partial charge in [0.1, 0.15) is 6.04 Å². The van der Waals surface area contributed by atoms with Gasteiger partial charge in [-0.3, -0.25) is 4.79 Å². The molecule has 1 saturated carbocycles. The summed E-state index contributed by atoms with van der Waals surface area (Å²) in [4.78, 5) is 26.4. The lowest BCUT2D eigenvalue weighted by Crippen LogP contribution is -2.46. The summed E-state index contributed by atoms with van der Waals surface area (Å²) in [5.74, 6) is -0.946. The van der Waals surface area contributed by atoms with Gasteiger partial charge in [-0.2, -0.15) is 5.10 Å². The second-order valence-electron chi connectivity index (χ2n) is 7.04. The van der Waals surface area contributed by atoms with Crippen molar-refractivity contribution in [2.24, 2.45) is 5.92 Å². The number of nitrogens with zero attached hydrogens (tertiary/aromatic N) is 3. The predicted molar refractivity (Wildman–Crippen MR) is 96.5 cm³/mol. The molecule has 3 atom stereocenters. The van der Waals surface area contributed by atoms with Crippen molar-refractivity contribution in [2.45, 2.75) is 44.2 Å². The Labute approximate surface area is 156 Å². The molecule has 1 aromatic carbocycles. The number of hydrogen-bond donors (Lipinski definition) is 1. The number of hydrogen-bond acceptors (Lipinski definition) is 3. The van der Waals surface area contributed by atoms with Gasteiger partial charge in [0.2, 0.25) is 0 Å². The van der Waals surface area contributed by atoms with Gasteiger partial charge in [-0.15, -0.1) is 0 Å². The van der Waals surface area contributed by atoms with Crippen LogP contribution in [0.3, 0.4) is 0 Å². The van der Waals surface area contributed by atoms with Gasteiger partial charge < -0.3 is 10.0 Å². The highest BCUT2D eigenvalue weighted by Crippen LogP contribution is 2.40. The molecular weight excluding hydrogens is 354 g/mol. The number of fused-ring (bicyclic) bond motifs is 1. The molecule has 3 unspecified atom stereocenters. The van der Waals surface area contributed by atoms with Crippen molar-refractivity contribution >= 4 is 23.5 Å². The third-order valence-electron chi connectivity index (χ3n) is 5.49. The van der Waals surface area contributed by atoms with Gasteiger partial charge in [0, 0.05) is 17.3 Å². The van der Waals surface area contributed by atoms with Crippen molar-refractivity contribution in [1.29, 1.82) is 0 Å². The second kappa shape index (κ2) is 6.76. The standard InChI is InChI=1S/C19H20ClN3O3/c20-13-5-3-6-14(11-13)22-9-8-15(21-22)18(24)23-16-7-2-1-4-12(16)10-17(23)19(25)26/h3,5-6,8-9,11-12,16-17H,1-2,4,7,10H2,(H,25,26). The number of rotatable bonds is 3. The molecule has 1 N–H and O–H groups in total. The van der Waals surface area contributed by atoms with Crippen LogP contribution in [0.5, 0.6) is 0 Å². The Morgan fingerprint density at radius 1 is 1.19 bits per heavy atom. The van der Waals surface area contributed by atoms with Gasteiger partial charge in [0.15, 0.2) is 5.69 Å². The summed E-state index contributed by atoms with van der Waals surface area (Å²) in [5, 5.41) is 14.6. The van der Waals surface area contributed by atoms with Crippen molar-refractivity contribution < 1.29 is 14.7 Å². The van der Waals surface area contributed by atoms with Crippen LogP contribution < -0.4 is 0 Å². The van der Waals surface area contributed by atoms with Crippen LogP contribution in [0.25, 0.3) is 5.69 Å². The van der Waals surface area contributed by atoms with E-state index < -0.39 is 12.0 Å². The molecule has 7 heteroatoms. The first-order valence-electron chi connectivity index (χ1n) is 8.91. The molecule has 0 spiro atoms. The minimum Gasteiger partial charge on any atom is -0.480 e. The summed E-state index contributed by atoms with van der Waals surface area (Å²) in [6.07, 6.45) is 6.25. The smallest absolute Gasteiger partial charge is 0.326 e. The fourth-order valence-corrected chi connectivity index (χ4v) is 4.49. The third-order valence-corrected chi connectivity index (χ3v) is 5.72. The van der Waals surface area contributed by atoms with Crippen LogP contribution in [0.2, 0.25) is 5.02 Å². The molecule has 26 heavy (non-hydrogen) atoms. The maximum Gasteiger partial charge on any atom is 0.326 e. The number of benzene rings is 1. The van der Waals surface area contributed by atoms with E-state index in [1.807, 2.05) is 12.1 Å². The average Bonchev–Trinajstić information content (AvgIpc) is 3.26. The lowest BCUT2D eigenvalue weighted by molar-refractivity contribution is -0.141. The molecule has 1 aromatic heterocycles. The van der Waals surface area contributed by atoms with Crippen molar-refractivity contribution in [3.05, 3.63) is 47.2 Å². The second-order valence-corrected chi connectivity index (χ2v) is 7.48. The molecular formula is C19H20ClN3O3. The van der Waals surface area contributed by atoms with Crippen LogP contribution in [-0.2, 0) is 4.79 Å². The number of aliphatic carboxylic acids is 1. The Morgan fingerprint density at radius 3 is 2.77 bits per heavy atom. The van der Waals surface area contributed by atoms with Crippen molar-refractivity contribution in [3.8, 4) is 5.69 Å². The zero-order valence-corrected chi connectivity index (χ0v) is 15.0. The number of carbonyl (C=O) groups excluding carboxylic acids is 1. The molecule has 0 radical (unpaired) electrons. The molecule has 1 aliphatic carbocycles. The van der Waals surface area contributed by atoms with Gasteiger partial charge in [-0.1, -0.05) is 30.5 Å². The van der Waals surface area contributed by atoms with Gasteiger partial charge in [0.05, 0.1) is 5.69 Å². The van der Waals surface area contributed by atoms with E-state index in [4.69, 9.17) is 11.6 Å². The highest BCUT2D eigenvalue weighted by Gasteiger charge is 2.48. The maximum atomic E-state index is 13.1. The lowest BCUT2D eigenvalue weighted by Gasteiger charge is -2.32.